The van der Waals surface area contributed by atoms with E-state index in [2.05, 4.69) is 0 Å². The minimum absolute atomic E-state index is 0.710. The molecular weight excluding hydrogens is 806 g/mol. The zero-order valence-corrected chi connectivity index (χ0v) is 26.0. The number of hydrogen-bond donors (Lipinski definition) is 0. The van der Waals surface area contributed by atoms with Crippen molar-refractivity contribution in [1.82, 2.24) is 0 Å². The standard InChI is InChI=1S/C20H20F26OSi2/c1-48(7-4-5-9(21,22)11(25,26)13(29,30)15(33,34)17(37,38)19(41,42)43)47-49(2,3)8-6-10(23,24)12(27,28)14(31,32)16(35,36)18(39,40)20(44,45)46/h48H,4-8H2,1-3H3. The zero-order valence-electron chi connectivity index (χ0n) is 23.8. The molecule has 29 heteroatoms. The Morgan fingerprint density at radius 3 is 0.959 bits per heavy atom. The molecule has 0 aromatic carbocycles. The monoisotopic (exact) mass is 826 g/mol. The van der Waals surface area contributed by atoms with Crippen LogP contribution in [0.4, 0.5) is 114 Å². The van der Waals surface area contributed by atoms with E-state index in [-0.39, 0.29) is 0 Å². The van der Waals surface area contributed by atoms with Gasteiger partial charge in [-0.3, -0.25) is 0 Å². The van der Waals surface area contributed by atoms with Gasteiger partial charge in [-0.05, 0) is 38.2 Å². The molecule has 0 aliphatic carbocycles. The summed E-state index contributed by atoms with van der Waals surface area (Å²) in [5.41, 5.74) is 0. The fourth-order valence-electron chi connectivity index (χ4n) is 3.65. The second-order valence-electron chi connectivity index (χ2n) is 11.1. The van der Waals surface area contributed by atoms with Crippen molar-refractivity contribution in [3.63, 3.8) is 0 Å². The summed E-state index contributed by atoms with van der Waals surface area (Å²) in [7, 11) is -7.48. The van der Waals surface area contributed by atoms with Gasteiger partial charge in [0.05, 0.1) is 0 Å². The third-order valence-electron chi connectivity index (χ3n) is 6.66. The maximum absolute atomic E-state index is 14.1. The van der Waals surface area contributed by atoms with Crippen LogP contribution in [0.5, 0.6) is 0 Å². The molecule has 0 bridgehead atoms. The van der Waals surface area contributed by atoms with E-state index in [1.807, 2.05) is 0 Å². The summed E-state index contributed by atoms with van der Waals surface area (Å²) in [6, 6.07) is -2.63. The van der Waals surface area contributed by atoms with Crippen molar-refractivity contribution >= 4 is 17.4 Å². The van der Waals surface area contributed by atoms with Crippen LogP contribution in [0.2, 0.25) is 31.7 Å². The fraction of sp³-hybridized carbons (Fsp3) is 1.00. The minimum atomic E-state index is -8.17. The maximum atomic E-state index is 14.1. The highest BCUT2D eigenvalue weighted by Gasteiger charge is 2.92. The molecule has 0 radical (unpaired) electrons. The molecule has 0 fully saturated rings. The molecule has 0 saturated carbocycles. The van der Waals surface area contributed by atoms with Gasteiger partial charge >= 0.3 is 71.6 Å². The molecule has 0 amide bonds. The lowest BCUT2D eigenvalue weighted by Gasteiger charge is -2.40. The van der Waals surface area contributed by atoms with E-state index < -0.39 is 120 Å². The average Bonchev–Trinajstić information content (AvgIpc) is 2.84. The summed E-state index contributed by atoms with van der Waals surface area (Å²) >= 11 is 0. The van der Waals surface area contributed by atoms with Gasteiger partial charge in [0.2, 0.25) is 0 Å². The Hall–Kier alpha value is -1.43. The van der Waals surface area contributed by atoms with Crippen molar-refractivity contribution in [3.05, 3.63) is 0 Å². The first-order chi connectivity index (χ1) is 20.8. The molecule has 0 aromatic rings. The predicted molar refractivity (Wildman–Crippen MR) is 117 cm³/mol. The molecule has 0 aliphatic rings. The Bertz CT molecular complexity index is 1120. The molecule has 1 unspecified atom stereocenters. The van der Waals surface area contributed by atoms with Gasteiger partial charge in [0.1, 0.15) is 0 Å². The highest BCUT2D eigenvalue weighted by Crippen LogP contribution is 2.62. The summed E-state index contributed by atoms with van der Waals surface area (Å²) in [6.45, 7) is 2.24. The smallest absolute Gasteiger partial charge is 0.458 e. The van der Waals surface area contributed by atoms with Crippen LogP contribution >= 0.6 is 0 Å². The van der Waals surface area contributed by atoms with Crippen LogP contribution in [0, 0.1) is 0 Å². The van der Waals surface area contributed by atoms with Gasteiger partial charge < -0.3 is 4.12 Å². The number of rotatable bonds is 17. The van der Waals surface area contributed by atoms with Crippen LogP contribution in [0.1, 0.15) is 19.3 Å². The highest BCUT2D eigenvalue weighted by atomic mass is 28.4. The Balaban J connectivity index is 5.78. The molecule has 0 heterocycles. The van der Waals surface area contributed by atoms with E-state index >= 15 is 0 Å². The highest BCUT2D eigenvalue weighted by molar-refractivity contribution is 6.78. The summed E-state index contributed by atoms with van der Waals surface area (Å²) in [6.07, 6.45) is -22.2. The van der Waals surface area contributed by atoms with E-state index in [9.17, 15) is 114 Å². The Morgan fingerprint density at radius 2 is 0.673 bits per heavy atom. The molecule has 0 aromatic heterocycles. The van der Waals surface area contributed by atoms with Crippen LogP contribution in [0.25, 0.3) is 0 Å². The third kappa shape index (κ3) is 8.00. The molecule has 49 heavy (non-hydrogen) atoms. The minimum Gasteiger partial charge on any atom is -0.458 e. The Kier molecular flexibility index (Phi) is 12.8. The van der Waals surface area contributed by atoms with E-state index in [1.54, 1.807) is 0 Å². The molecule has 0 rings (SSSR count). The van der Waals surface area contributed by atoms with Crippen molar-refractivity contribution < 1.29 is 118 Å². The normalized spacial score (nSPS) is 17.1. The van der Waals surface area contributed by atoms with E-state index in [1.165, 1.54) is 0 Å². The first kappa shape index (κ1) is 47.6. The lowest BCUT2D eigenvalue weighted by molar-refractivity contribution is -0.440. The van der Waals surface area contributed by atoms with E-state index in [0.29, 0.717) is 13.1 Å². The van der Waals surface area contributed by atoms with Crippen molar-refractivity contribution in [1.29, 1.82) is 0 Å². The second-order valence-corrected chi connectivity index (χ2v) is 18.2. The quantitative estimate of drug-likeness (QED) is 0.105. The van der Waals surface area contributed by atoms with Gasteiger partial charge in [-0.15, -0.1) is 0 Å². The van der Waals surface area contributed by atoms with Crippen molar-refractivity contribution in [2.75, 3.05) is 0 Å². The van der Waals surface area contributed by atoms with Gasteiger partial charge in [-0.1, -0.05) is 0 Å². The molecule has 296 valence electrons. The molecule has 1 nitrogen and oxygen atoms in total. The number of halogens is 26. The fourth-order valence-corrected chi connectivity index (χ4v) is 10.6. The molecule has 0 spiro atoms. The summed E-state index contributed by atoms with van der Waals surface area (Å²) in [4.78, 5) is 0. The van der Waals surface area contributed by atoms with Gasteiger partial charge in [0.15, 0.2) is 17.4 Å². The topological polar surface area (TPSA) is 9.23 Å². The molecule has 0 N–H and O–H groups in total. The van der Waals surface area contributed by atoms with Gasteiger partial charge in [-0.25, -0.2) is 0 Å². The van der Waals surface area contributed by atoms with Crippen molar-refractivity contribution in [3.8, 4) is 0 Å². The van der Waals surface area contributed by atoms with Crippen LogP contribution < -0.4 is 0 Å². The number of alkyl halides is 26. The van der Waals surface area contributed by atoms with Crippen molar-refractivity contribution in [2.24, 2.45) is 0 Å². The first-order valence-corrected chi connectivity index (χ1v) is 18.0. The Labute approximate surface area is 259 Å². The van der Waals surface area contributed by atoms with Crippen LogP contribution in [0.15, 0.2) is 0 Å². The average molecular weight is 826 g/mol. The third-order valence-corrected chi connectivity index (χ3v) is 13.5. The second kappa shape index (κ2) is 13.2. The predicted octanol–water partition coefficient (Wildman–Crippen LogP) is 11.2. The van der Waals surface area contributed by atoms with Gasteiger partial charge in [0, 0.05) is 12.8 Å². The summed E-state index contributed by atoms with van der Waals surface area (Å²) in [5.74, 6) is -76.7. The lowest BCUT2D eigenvalue weighted by Crippen LogP contribution is -2.70. The van der Waals surface area contributed by atoms with Crippen LogP contribution in [-0.4, -0.2) is 88.9 Å². The Morgan fingerprint density at radius 1 is 0.408 bits per heavy atom. The SMILES string of the molecule is C[SiH](CCCC(F)(F)C(F)(F)C(F)(F)C(F)(F)C(F)(F)C(F)(F)F)O[Si](C)(C)CCC(F)(F)C(F)(F)C(F)(F)C(F)(F)C(F)(F)C(F)(F)F. The van der Waals surface area contributed by atoms with E-state index in [4.69, 9.17) is 4.12 Å². The molecule has 0 saturated heterocycles. The molecule has 0 aliphatic heterocycles. The first-order valence-electron chi connectivity index (χ1n) is 12.4. The summed E-state index contributed by atoms with van der Waals surface area (Å²) < 4.78 is 348. The lowest BCUT2D eigenvalue weighted by atomic mass is 9.92. The maximum Gasteiger partial charge on any atom is 0.460 e. The molecule has 1 atom stereocenters. The molecular formula is C20H20F26OSi2. The van der Waals surface area contributed by atoms with E-state index in [0.717, 1.165) is 6.55 Å². The summed E-state index contributed by atoms with van der Waals surface area (Å²) in [5, 5.41) is 0. The number of hydrogen-bond acceptors (Lipinski definition) is 1. The van der Waals surface area contributed by atoms with Gasteiger partial charge in [0.25, 0.3) is 0 Å². The zero-order chi connectivity index (χ0) is 40.3. The van der Waals surface area contributed by atoms with Gasteiger partial charge in [-0.2, -0.15) is 114 Å². The van der Waals surface area contributed by atoms with Crippen LogP contribution in [0.3, 0.4) is 0 Å². The van der Waals surface area contributed by atoms with Crippen molar-refractivity contribution in [2.45, 2.75) is 123 Å². The largest absolute Gasteiger partial charge is 0.460 e. The van der Waals surface area contributed by atoms with Crippen LogP contribution in [-0.2, 0) is 4.12 Å².